The average Bonchev–Trinajstić information content (AvgIpc) is 3.09. The maximum Gasteiger partial charge on any atom is 0.271 e. The molecule has 1 N–H and O–H groups in total. The maximum atomic E-state index is 12.5. The van der Waals surface area contributed by atoms with Crippen molar-refractivity contribution in [3.8, 4) is 0 Å². The Morgan fingerprint density at radius 3 is 2.41 bits per heavy atom. The van der Waals surface area contributed by atoms with Crippen LogP contribution in [0.2, 0.25) is 0 Å². The molecular weight excluding hydrogens is 276 g/mol. The smallest absolute Gasteiger partial charge is 0.271 e. The molecule has 2 fully saturated rings. The van der Waals surface area contributed by atoms with Gasteiger partial charge in [-0.2, -0.15) is 0 Å². The monoisotopic (exact) mass is 304 g/mol. The van der Waals surface area contributed by atoms with Gasteiger partial charge in [0, 0.05) is 17.8 Å². The van der Waals surface area contributed by atoms with E-state index in [2.05, 4.69) is 26.8 Å². The summed E-state index contributed by atoms with van der Waals surface area (Å²) in [5, 5.41) is 3.16. The van der Waals surface area contributed by atoms with Crippen LogP contribution in [0.3, 0.4) is 0 Å². The van der Waals surface area contributed by atoms with Gasteiger partial charge in [-0.15, -0.1) is 0 Å². The highest BCUT2D eigenvalue weighted by atomic mass is 16.2. The molecule has 1 saturated carbocycles. The van der Waals surface area contributed by atoms with Crippen LogP contribution in [0.5, 0.6) is 0 Å². The summed E-state index contributed by atoms with van der Waals surface area (Å²) in [7, 11) is 2.17. The molecule has 0 spiro atoms. The van der Waals surface area contributed by atoms with Gasteiger partial charge in [-0.05, 0) is 59.7 Å². The van der Waals surface area contributed by atoms with Crippen LogP contribution in [0.15, 0.2) is 0 Å². The Morgan fingerprint density at radius 2 is 1.77 bits per heavy atom. The second-order valence-corrected chi connectivity index (χ2v) is 6.95. The number of aromatic nitrogens is 2. The summed E-state index contributed by atoms with van der Waals surface area (Å²) < 4.78 is 2.29. The van der Waals surface area contributed by atoms with Crippen LogP contribution in [0.25, 0.3) is 0 Å². The summed E-state index contributed by atoms with van der Waals surface area (Å²) in [6.07, 6.45) is 6.95. The summed E-state index contributed by atoms with van der Waals surface area (Å²) in [4.78, 5) is 19.5. The number of carbonyl (C=O) groups is 1. The van der Waals surface area contributed by atoms with Crippen molar-refractivity contribution in [3.63, 3.8) is 0 Å². The van der Waals surface area contributed by atoms with Gasteiger partial charge in [0.25, 0.3) is 5.91 Å². The SMILES string of the molecule is Cc1nc(C(=O)NC2CCCC2)c(C)n1C1CCN(C)CC1. The minimum atomic E-state index is 0.0131. The molecular formula is C17H28N4O. The topological polar surface area (TPSA) is 50.2 Å². The first-order chi connectivity index (χ1) is 10.6. The van der Waals surface area contributed by atoms with E-state index < -0.39 is 0 Å². The molecule has 122 valence electrons. The lowest BCUT2D eigenvalue weighted by Crippen LogP contribution is -2.34. The van der Waals surface area contributed by atoms with Crippen molar-refractivity contribution >= 4 is 5.91 Å². The first-order valence-electron chi connectivity index (χ1n) is 8.61. The fraction of sp³-hybridized carbons (Fsp3) is 0.765. The van der Waals surface area contributed by atoms with Gasteiger partial charge in [-0.1, -0.05) is 12.8 Å². The Bertz CT molecular complexity index is 537. The highest BCUT2D eigenvalue weighted by Gasteiger charge is 2.26. The zero-order valence-corrected chi connectivity index (χ0v) is 14.1. The van der Waals surface area contributed by atoms with Gasteiger partial charge >= 0.3 is 0 Å². The third-order valence-electron chi connectivity index (χ3n) is 5.29. The molecule has 2 aliphatic rings. The standard InChI is InChI=1S/C17H28N4O/c1-12-16(17(22)19-14-6-4-5-7-14)18-13(2)21(12)15-8-10-20(3)11-9-15/h14-15H,4-11H2,1-3H3,(H,19,22). The molecule has 0 atom stereocenters. The number of amides is 1. The van der Waals surface area contributed by atoms with E-state index in [1.807, 2.05) is 13.8 Å². The fourth-order valence-corrected chi connectivity index (χ4v) is 3.98. The number of hydrogen-bond acceptors (Lipinski definition) is 3. The van der Waals surface area contributed by atoms with Gasteiger partial charge in [0.15, 0.2) is 0 Å². The number of likely N-dealkylation sites (tertiary alicyclic amines) is 1. The van der Waals surface area contributed by atoms with E-state index >= 15 is 0 Å². The van der Waals surface area contributed by atoms with Crippen molar-refractivity contribution in [2.24, 2.45) is 0 Å². The molecule has 3 rings (SSSR count). The van der Waals surface area contributed by atoms with Crippen molar-refractivity contribution in [1.82, 2.24) is 19.8 Å². The largest absolute Gasteiger partial charge is 0.348 e. The third-order valence-corrected chi connectivity index (χ3v) is 5.29. The summed E-state index contributed by atoms with van der Waals surface area (Å²) in [6, 6.07) is 0.831. The van der Waals surface area contributed by atoms with Gasteiger partial charge in [-0.3, -0.25) is 4.79 Å². The highest BCUT2D eigenvalue weighted by molar-refractivity contribution is 5.93. The minimum absolute atomic E-state index is 0.0131. The second-order valence-electron chi connectivity index (χ2n) is 6.95. The van der Waals surface area contributed by atoms with E-state index in [1.54, 1.807) is 0 Å². The number of nitrogens with one attached hydrogen (secondary N) is 1. The predicted octanol–water partition coefficient (Wildman–Crippen LogP) is 2.44. The third kappa shape index (κ3) is 3.05. The van der Waals surface area contributed by atoms with E-state index in [0.29, 0.717) is 17.8 Å². The predicted molar refractivity (Wildman–Crippen MR) is 87.2 cm³/mol. The lowest BCUT2D eigenvalue weighted by Gasteiger charge is -2.31. The Labute approximate surface area is 133 Å². The zero-order chi connectivity index (χ0) is 15.7. The normalized spacial score (nSPS) is 21.4. The van der Waals surface area contributed by atoms with Crippen LogP contribution >= 0.6 is 0 Å². The molecule has 1 amide bonds. The van der Waals surface area contributed by atoms with Crippen molar-refractivity contribution in [1.29, 1.82) is 0 Å². The number of rotatable bonds is 3. The molecule has 22 heavy (non-hydrogen) atoms. The van der Waals surface area contributed by atoms with Crippen molar-refractivity contribution in [2.75, 3.05) is 20.1 Å². The number of nitrogens with zero attached hydrogens (tertiary/aromatic N) is 3. The molecule has 0 bridgehead atoms. The summed E-state index contributed by atoms with van der Waals surface area (Å²) in [5.74, 6) is 0.989. The van der Waals surface area contributed by atoms with Gasteiger partial charge in [-0.25, -0.2) is 4.98 Å². The van der Waals surface area contributed by atoms with Crippen LogP contribution in [-0.2, 0) is 0 Å². The Hall–Kier alpha value is -1.36. The zero-order valence-electron chi connectivity index (χ0n) is 14.1. The molecule has 1 saturated heterocycles. The van der Waals surface area contributed by atoms with Gasteiger partial charge in [0.2, 0.25) is 0 Å². The first-order valence-corrected chi connectivity index (χ1v) is 8.61. The number of carbonyl (C=O) groups excluding carboxylic acids is 1. The average molecular weight is 304 g/mol. The fourth-order valence-electron chi connectivity index (χ4n) is 3.98. The first kappa shape index (κ1) is 15.5. The molecule has 0 aromatic carbocycles. The number of piperidine rings is 1. The van der Waals surface area contributed by atoms with Crippen molar-refractivity contribution in [3.05, 3.63) is 17.2 Å². The summed E-state index contributed by atoms with van der Waals surface area (Å²) in [5.41, 5.74) is 1.66. The molecule has 0 radical (unpaired) electrons. The molecule has 5 heteroatoms. The number of hydrogen-bond donors (Lipinski definition) is 1. The van der Waals surface area contributed by atoms with Crippen LogP contribution in [-0.4, -0.2) is 46.5 Å². The van der Waals surface area contributed by atoms with Gasteiger partial charge in [0.1, 0.15) is 11.5 Å². The van der Waals surface area contributed by atoms with E-state index in [4.69, 9.17) is 0 Å². The van der Waals surface area contributed by atoms with E-state index in [-0.39, 0.29) is 5.91 Å². The number of imidazole rings is 1. The Kier molecular flexibility index (Phi) is 4.52. The molecule has 1 aliphatic heterocycles. The molecule has 1 aromatic rings. The van der Waals surface area contributed by atoms with Crippen LogP contribution in [0.1, 0.15) is 66.6 Å². The van der Waals surface area contributed by atoms with E-state index in [0.717, 1.165) is 50.3 Å². The van der Waals surface area contributed by atoms with Gasteiger partial charge in [0.05, 0.1) is 0 Å². The number of aryl methyl sites for hydroxylation is 1. The lowest BCUT2D eigenvalue weighted by atomic mass is 10.0. The minimum Gasteiger partial charge on any atom is -0.348 e. The molecule has 2 heterocycles. The Balaban J connectivity index is 1.75. The second kappa shape index (κ2) is 6.41. The van der Waals surface area contributed by atoms with Crippen molar-refractivity contribution in [2.45, 2.75) is 64.5 Å². The van der Waals surface area contributed by atoms with E-state index in [9.17, 15) is 4.79 Å². The Morgan fingerprint density at radius 1 is 1.14 bits per heavy atom. The molecule has 1 aromatic heterocycles. The maximum absolute atomic E-state index is 12.5. The molecule has 1 aliphatic carbocycles. The van der Waals surface area contributed by atoms with Crippen LogP contribution in [0, 0.1) is 13.8 Å². The van der Waals surface area contributed by atoms with E-state index in [1.165, 1.54) is 12.8 Å². The van der Waals surface area contributed by atoms with Crippen LogP contribution < -0.4 is 5.32 Å². The summed E-state index contributed by atoms with van der Waals surface area (Å²) in [6.45, 7) is 6.30. The van der Waals surface area contributed by atoms with Crippen molar-refractivity contribution < 1.29 is 4.79 Å². The lowest BCUT2D eigenvalue weighted by molar-refractivity contribution is 0.0932. The quantitative estimate of drug-likeness (QED) is 0.933. The molecule has 0 unspecified atom stereocenters. The summed E-state index contributed by atoms with van der Waals surface area (Å²) >= 11 is 0. The van der Waals surface area contributed by atoms with Gasteiger partial charge < -0.3 is 14.8 Å². The molecule has 5 nitrogen and oxygen atoms in total. The highest BCUT2D eigenvalue weighted by Crippen LogP contribution is 2.27. The van der Waals surface area contributed by atoms with Crippen LogP contribution in [0.4, 0.5) is 0 Å².